The molecule has 0 amide bonds. The van der Waals surface area contributed by atoms with E-state index in [-0.39, 0.29) is 0 Å². The highest BCUT2D eigenvalue weighted by molar-refractivity contribution is 5.79. The lowest BCUT2D eigenvalue weighted by molar-refractivity contribution is 0.192. The van der Waals surface area contributed by atoms with Gasteiger partial charge in [0.2, 0.25) is 0 Å². The van der Waals surface area contributed by atoms with Crippen molar-refractivity contribution in [3.63, 3.8) is 0 Å². The van der Waals surface area contributed by atoms with E-state index in [1.54, 1.807) is 7.11 Å². The zero-order valence-electron chi connectivity index (χ0n) is 13.1. The second kappa shape index (κ2) is 15.3. The van der Waals surface area contributed by atoms with Gasteiger partial charge in [-0.2, -0.15) is 0 Å². The molecule has 0 radical (unpaired) electrons. The number of rotatable bonds is 12. The topological polar surface area (TPSA) is 45.7 Å². The van der Waals surface area contributed by atoms with Crippen LogP contribution in [-0.4, -0.2) is 39.3 Å². The highest BCUT2D eigenvalue weighted by atomic mass is 16.5. The molecule has 0 aliphatic rings. The Labute approximate surface area is 119 Å². The minimum absolute atomic E-state index is 0.861. The fraction of sp³-hybridized carbons (Fsp3) is 0.933. The Kier molecular flexibility index (Phi) is 14.7. The van der Waals surface area contributed by atoms with Gasteiger partial charge >= 0.3 is 0 Å². The first-order valence-corrected chi connectivity index (χ1v) is 7.86. The van der Waals surface area contributed by atoms with Crippen LogP contribution in [-0.2, 0) is 4.74 Å². The smallest absolute Gasteiger partial charge is 0.191 e. The van der Waals surface area contributed by atoms with Crippen molar-refractivity contribution in [1.82, 2.24) is 10.6 Å². The van der Waals surface area contributed by atoms with Gasteiger partial charge in [0, 0.05) is 33.4 Å². The molecule has 0 aliphatic carbocycles. The Morgan fingerprint density at radius 2 is 1.74 bits per heavy atom. The molecular weight excluding hydrogens is 238 g/mol. The number of aliphatic imine (C=N–C) groups is 1. The molecule has 19 heavy (non-hydrogen) atoms. The number of nitrogens with one attached hydrogen (secondary N) is 2. The van der Waals surface area contributed by atoms with Crippen LogP contribution in [0.1, 0.15) is 58.8 Å². The van der Waals surface area contributed by atoms with Crippen LogP contribution in [0.2, 0.25) is 0 Å². The van der Waals surface area contributed by atoms with Crippen molar-refractivity contribution in [3.05, 3.63) is 0 Å². The summed E-state index contributed by atoms with van der Waals surface area (Å²) >= 11 is 0. The van der Waals surface area contributed by atoms with Crippen LogP contribution in [0.5, 0.6) is 0 Å². The molecule has 4 nitrogen and oxygen atoms in total. The van der Waals surface area contributed by atoms with Gasteiger partial charge in [-0.25, -0.2) is 0 Å². The van der Waals surface area contributed by atoms with E-state index in [4.69, 9.17) is 4.74 Å². The number of guanidine groups is 1. The fourth-order valence-electron chi connectivity index (χ4n) is 1.83. The standard InChI is InChI=1S/C15H33N3O/c1-4-6-7-9-12-17-15(16-5-2)18-13-10-8-11-14-19-3/h4-14H2,1-3H3,(H2,16,17,18). The minimum Gasteiger partial charge on any atom is -0.385 e. The third-order valence-corrected chi connectivity index (χ3v) is 2.94. The lowest BCUT2D eigenvalue weighted by Crippen LogP contribution is -2.37. The van der Waals surface area contributed by atoms with Gasteiger partial charge in [-0.15, -0.1) is 0 Å². The monoisotopic (exact) mass is 271 g/mol. The predicted octanol–water partition coefficient (Wildman–Crippen LogP) is 2.94. The van der Waals surface area contributed by atoms with Crippen molar-refractivity contribution >= 4 is 5.96 Å². The second-order valence-corrected chi connectivity index (χ2v) is 4.80. The van der Waals surface area contributed by atoms with E-state index in [0.717, 1.165) is 45.0 Å². The molecule has 0 aliphatic heterocycles. The van der Waals surface area contributed by atoms with Gasteiger partial charge in [-0.3, -0.25) is 4.99 Å². The number of nitrogens with zero attached hydrogens (tertiary/aromatic N) is 1. The van der Waals surface area contributed by atoms with Crippen molar-refractivity contribution in [2.45, 2.75) is 58.8 Å². The Bertz CT molecular complexity index is 208. The predicted molar refractivity (Wildman–Crippen MR) is 83.9 cm³/mol. The Balaban J connectivity index is 3.64. The molecule has 0 rings (SSSR count). The summed E-state index contributed by atoms with van der Waals surface area (Å²) in [6.45, 7) is 8.04. The van der Waals surface area contributed by atoms with Crippen molar-refractivity contribution in [2.24, 2.45) is 4.99 Å². The molecule has 0 bridgehead atoms. The molecule has 0 atom stereocenters. The highest BCUT2D eigenvalue weighted by Gasteiger charge is 1.96. The maximum absolute atomic E-state index is 5.03. The summed E-state index contributed by atoms with van der Waals surface area (Å²) in [5.74, 6) is 0.964. The van der Waals surface area contributed by atoms with E-state index in [1.807, 2.05) is 0 Å². The van der Waals surface area contributed by atoms with Gasteiger partial charge in [-0.1, -0.05) is 26.2 Å². The molecule has 4 heteroatoms. The zero-order chi connectivity index (χ0) is 14.2. The quantitative estimate of drug-likeness (QED) is 0.326. The SMILES string of the molecule is CCCCCCNC(=NCCCCCOC)NCC. The Hall–Kier alpha value is -0.770. The first-order valence-electron chi connectivity index (χ1n) is 7.86. The molecule has 0 aromatic rings. The number of hydrogen-bond acceptors (Lipinski definition) is 2. The Morgan fingerprint density at radius 3 is 2.42 bits per heavy atom. The number of unbranched alkanes of at least 4 members (excludes halogenated alkanes) is 5. The van der Waals surface area contributed by atoms with Gasteiger partial charge in [0.15, 0.2) is 5.96 Å². The van der Waals surface area contributed by atoms with Gasteiger partial charge in [0.25, 0.3) is 0 Å². The average Bonchev–Trinajstić information content (AvgIpc) is 2.42. The summed E-state index contributed by atoms with van der Waals surface area (Å²) in [5.41, 5.74) is 0. The molecule has 0 saturated heterocycles. The van der Waals surface area contributed by atoms with Gasteiger partial charge in [-0.05, 0) is 32.6 Å². The summed E-state index contributed by atoms with van der Waals surface area (Å²) in [4.78, 5) is 4.58. The van der Waals surface area contributed by atoms with E-state index in [0.29, 0.717) is 0 Å². The normalized spacial score (nSPS) is 11.6. The van der Waals surface area contributed by atoms with Crippen LogP contribution in [0.4, 0.5) is 0 Å². The molecule has 0 spiro atoms. The highest BCUT2D eigenvalue weighted by Crippen LogP contribution is 1.97. The first kappa shape index (κ1) is 18.2. The van der Waals surface area contributed by atoms with E-state index in [9.17, 15) is 0 Å². The largest absolute Gasteiger partial charge is 0.385 e. The third kappa shape index (κ3) is 13.5. The van der Waals surface area contributed by atoms with Crippen LogP contribution >= 0.6 is 0 Å². The second-order valence-electron chi connectivity index (χ2n) is 4.80. The molecule has 0 aromatic heterocycles. The van der Waals surface area contributed by atoms with Gasteiger partial charge in [0.1, 0.15) is 0 Å². The molecular formula is C15H33N3O. The first-order chi connectivity index (χ1) is 9.35. The van der Waals surface area contributed by atoms with E-state index < -0.39 is 0 Å². The molecule has 0 unspecified atom stereocenters. The van der Waals surface area contributed by atoms with Crippen LogP contribution < -0.4 is 10.6 Å². The van der Waals surface area contributed by atoms with Crippen molar-refractivity contribution < 1.29 is 4.74 Å². The minimum atomic E-state index is 0.861. The molecule has 0 aromatic carbocycles. The lowest BCUT2D eigenvalue weighted by atomic mass is 10.2. The lowest BCUT2D eigenvalue weighted by Gasteiger charge is -2.11. The number of ether oxygens (including phenoxy) is 1. The van der Waals surface area contributed by atoms with Crippen molar-refractivity contribution in [3.8, 4) is 0 Å². The van der Waals surface area contributed by atoms with Crippen molar-refractivity contribution in [2.75, 3.05) is 33.4 Å². The maximum atomic E-state index is 5.03. The van der Waals surface area contributed by atoms with Crippen LogP contribution in [0.25, 0.3) is 0 Å². The van der Waals surface area contributed by atoms with E-state index in [1.165, 1.54) is 32.1 Å². The summed E-state index contributed by atoms with van der Waals surface area (Å²) in [5, 5.41) is 6.69. The van der Waals surface area contributed by atoms with Crippen LogP contribution in [0.15, 0.2) is 4.99 Å². The Morgan fingerprint density at radius 1 is 0.947 bits per heavy atom. The van der Waals surface area contributed by atoms with Gasteiger partial charge in [0.05, 0.1) is 0 Å². The summed E-state index contributed by atoms with van der Waals surface area (Å²) in [6, 6.07) is 0. The third-order valence-electron chi connectivity index (χ3n) is 2.94. The fourth-order valence-corrected chi connectivity index (χ4v) is 1.83. The summed E-state index contributed by atoms with van der Waals surface area (Å²) in [7, 11) is 1.75. The van der Waals surface area contributed by atoms with E-state index in [2.05, 4.69) is 29.5 Å². The molecule has 2 N–H and O–H groups in total. The molecule has 114 valence electrons. The van der Waals surface area contributed by atoms with Crippen molar-refractivity contribution in [1.29, 1.82) is 0 Å². The number of methoxy groups -OCH3 is 1. The van der Waals surface area contributed by atoms with Crippen LogP contribution in [0.3, 0.4) is 0 Å². The summed E-state index contributed by atoms with van der Waals surface area (Å²) in [6.07, 6.45) is 8.60. The molecule has 0 heterocycles. The maximum Gasteiger partial charge on any atom is 0.191 e. The summed E-state index contributed by atoms with van der Waals surface area (Å²) < 4.78 is 5.03. The number of hydrogen-bond donors (Lipinski definition) is 2. The van der Waals surface area contributed by atoms with Crippen LogP contribution in [0, 0.1) is 0 Å². The zero-order valence-corrected chi connectivity index (χ0v) is 13.1. The molecule has 0 fully saturated rings. The average molecular weight is 271 g/mol. The molecule has 0 saturated carbocycles. The van der Waals surface area contributed by atoms with Gasteiger partial charge < -0.3 is 15.4 Å². The van der Waals surface area contributed by atoms with E-state index >= 15 is 0 Å².